The van der Waals surface area contributed by atoms with Crippen LogP contribution in [0.1, 0.15) is 11.1 Å². The summed E-state index contributed by atoms with van der Waals surface area (Å²) in [6, 6.07) is 6.06. The van der Waals surface area contributed by atoms with Crippen LogP contribution in [0.4, 0.5) is 0 Å². The summed E-state index contributed by atoms with van der Waals surface area (Å²) >= 11 is 0. The number of hydrogen-bond donors (Lipinski definition) is 0. The molecule has 0 N–H and O–H groups in total. The fraction of sp³-hybridized carbons (Fsp3) is 0.286. The molecule has 86 valence electrons. The maximum Gasteiger partial charge on any atom is 0.123 e. The quantitative estimate of drug-likeness (QED) is 0.655. The maximum atomic E-state index is 5.57. The van der Waals surface area contributed by atoms with Crippen LogP contribution in [0.5, 0.6) is 5.75 Å². The van der Waals surface area contributed by atoms with E-state index in [0.29, 0.717) is 13.2 Å². The van der Waals surface area contributed by atoms with E-state index in [-0.39, 0.29) is 0 Å². The van der Waals surface area contributed by atoms with E-state index >= 15 is 0 Å². The SMILES string of the molecule is C=CCOc1ccc(COC)cc1CC=C. The third-order valence-electron chi connectivity index (χ3n) is 2.16. The molecule has 0 saturated heterocycles. The lowest BCUT2D eigenvalue weighted by molar-refractivity contribution is 0.184. The number of ether oxygens (including phenoxy) is 2. The predicted molar refractivity (Wildman–Crippen MR) is 66.7 cm³/mol. The van der Waals surface area contributed by atoms with E-state index in [9.17, 15) is 0 Å². The van der Waals surface area contributed by atoms with Crippen molar-refractivity contribution in [3.05, 3.63) is 54.6 Å². The normalized spacial score (nSPS) is 9.81. The second kappa shape index (κ2) is 6.85. The molecule has 0 aliphatic rings. The van der Waals surface area contributed by atoms with Crippen molar-refractivity contribution in [3.63, 3.8) is 0 Å². The van der Waals surface area contributed by atoms with Crippen LogP contribution in [0, 0.1) is 0 Å². The summed E-state index contributed by atoms with van der Waals surface area (Å²) in [5, 5.41) is 0. The third-order valence-corrected chi connectivity index (χ3v) is 2.16. The number of allylic oxidation sites excluding steroid dienone is 1. The van der Waals surface area contributed by atoms with Crippen molar-refractivity contribution in [1.82, 2.24) is 0 Å². The smallest absolute Gasteiger partial charge is 0.123 e. The molecule has 0 radical (unpaired) electrons. The zero-order chi connectivity index (χ0) is 11.8. The highest BCUT2D eigenvalue weighted by Gasteiger charge is 2.03. The summed E-state index contributed by atoms with van der Waals surface area (Å²) in [6.07, 6.45) is 4.40. The van der Waals surface area contributed by atoms with Gasteiger partial charge < -0.3 is 9.47 Å². The Kier molecular flexibility index (Phi) is 5.37. The first-order chi connectivity index (χ1) is 7.81. The lowest BCUT2D eigenvalue weighted by atomic mass is 10.1. The van der Waals surface area contributed by atoms with Crippen LogP contribution in [0.3, 0.4) is 0 Å². The fourth-order valence-electron chi connectivity index (χ4n) is 1.49. The van der Waals surface area contributed by atoms with Crippen LogP contribution in [-0.4, -0.2) is 13.7 Å². The van der Waals surface area contributed by atoms with Gasteiger partial charge in [0.15, 0.2) is 0 Å². The van der Waals surface area contributed by atoms with Gasteiger partial charge in [0.25, 0.3) is 0 Å². The molecular formula is C14H18O2. The first-order valence-electron chi connectivity index (χ1n) is 5.27. The van der Waals surface area contributed by atoms with Crippen LogP contribution >= 0.6 is 0 Å². The fourth-order valence-corrected chi connectivity index (χ4v) is 1.49. The van der Waals surface area contributed by atoms with E-state index in [1.165, 1.54) is 0 Å². The Morgan fingerprint density at radius 1 is 1.25 bits per heavy atom. The van der Waals surface area contributed by atoms with E-state index in [1.54, 1.807) is 13.2 Å². The number of hydrogen-bond acceptors (Lipinski definition) is 2. The van der Waals surface area contributed by atoms with Gasteiger partial charge in [-0.3, -0.25) is 0 Å². The van der Waals surface area contributed by atoms with Gasteiger partial charge in [-0.1, -0.05) is 24.8 Å². The first kappa shape index (κ1) is 12.5. The molecule has 1 aromatic rings. The van der Waals surface area contributed by atoms with E-state index in [4.69, 9.17) is 9.47 Å². The summed E-state index contributed by atoms with van der Waals surface area (Å²) in [5.74, 6) is 0.889. The van der Waals surface area contributed by atoms with E-state index in [0.717, 1.165) is 23.3 Å². The van der Waals surface area contributed by atoms with Crippen molar-refractivity contribution in [3.8, 4) is 5.75 Å². The highest BCUT2D eigenvalue weighted by molar-refractivity contribution is 5.38. The number of rotatable bonds is 7. The number of benzene rings is 1. The van der Waals surface area contributed by atoms with Crippen LogP contribution in [-0.2, 0) is 17.8 Å². The Labute approximate surface area is 97.2 Å². The van der Waals surface area contributed by atoms with Gasteiger partial charge in [0.05, 0.1) is 6.61 Å². The minimum atomic E-state index is 0.522. The maximum absolute atomic E-state index is 5.57. The lowest BCUT2D eigenvalue weighted by Gasteiger charge is -2.10. The van der Waals surface area contributed by atoms with E-state index in [2.05, 4.69) is 19.2 Å². The summed E-state index contributed by atoms with van der Waals surface area (Å²) < 4.78 is 10.7. The Hall–Kier alpha value is -1.54. The Balaban J connectivity index is 2.88. The highest BCUT2D eigenvalue weighted by atomic mass is 16.5. The van der Waals surface area contributed by atoms with E-state index < -0.39 is 0 Å². The van der Waals surface area contributed by atoms with Gasteiger partial charge >= 0.3 is 0 Å². The van der Waals surface area contributed by atoms with Gasteiger partial charge in [0, 0.05) is 7.11 Å². The molecular weight excluding hydrogens is 200 g/mol. The van der Waals surface area contributed by atoms with Crippen LogP contribution in [0.25, 0.3) is 0 Å². The van der Waals surface area contributed by atoms with Crippen LogP contribution < -0.4 is 4.74 Å². The molecule has 16 heavy (non-hydrogen) atoms. The summed E-state index contributed by atoms with van der Waals surface area (Å²) in [6.45, 7) is 8.52. The van der Waals surface area contributed by atoms with Gasteiger partial charge in [-0.2, -0.15) is 0 Å². The molecule has 0 spiro atoms. The monoisotopic (exact) mass is 218 g/mol. The van der Waals surface area contributed by atoms with Crippen molar-refractivity contribution >= 4 is 0 Å². The Morgan fingerprint density at radius 2 is 2.06 bits per heavy atom. The van der Waals surface area contributed by atoms with Crippen LogP contribution in [0.2, 0.25) is 0 Å². The molecule has 0 unspecified atom stereocenters. The zero-order valence-electron chi connectivity index (χ0n) is 9.74. The molecule has 0 fully saturated rings. The van der Waals surface area contributed by atoms with Crippen molar-refractivity contribution in [1.29, 1.82) is 0 Å². The van der Waals surface area contributed by atoms with Crippen molar-refractivity contribution in [2.75, 3.05) is 13.7 Å². The number of methoxy groups -OCH3 is 1. The molecule has 0 bridgehead atoms. The molecule has 0 heterocycles. The second-order valence-electron chi connectivity index (χ2n) is 3.47. The van der Waals surface area contributed by atoms with Gasteiger partial charge in [-0.15, -0.1) is 6.58 Å². The zero-order valence-corrected chi connectivity index (χ0v) is 9.74. The molecule has 2 heteroatoms. The van der Waals surface area contributed by atoms with Crippen LogP contribution in [0.15, 0.2) is 43.5 Å². The standard InChI is InChI=1S/C14H18O2/c1-4-6-13-10-12(11-15-3)7-8-14(13)16-9-5-2/h4-5,7-8,10H,1-2,6,9,11H2,3H3. The molecule has 0 aliphatic heterocycles. The molecule has 0 saturated carbocycles. The topological polar surface area (TPSA) is 18.5 Å². The second-order valence-corrected chi connectivity index (χ2v) is 3.47. The Morgan fingerprint density at radius 3 is 2.69 bits per heavy atom. The highest BCUT2D eigenvalue weighted by Crippen LogP contribution is 2.21. The molecule has 1 aromatic carbocycles. The predicted octanol–water partition coefficient (Wildman–Crippen LogP) is 3.13. The van der Waals surface area contributed by atoms with Gasteiger partial charge in [-0.25, -0.2) is 0 Å². The summed E-state index contributed by atoms with van der Waals surface area (Å²) in [7, 11) is 1.69. The average molecular weight is 218 g/mol. The molecule has 0 atom stereocenters. The van der Waals surface area contributed by atoms with Crippen molar-refractivity contribution in [2.24, 2.45) is 0 Å². The minimum absolute atomic E-state index is 0.522. The van der Waals surface area contributed by atoms with Crippen molar-refractivity contribution in [2.45, 2.75) is 13.0 Å². The lowest BCUT2D eigenvalue weighted by Crippen LogP contribution is -1.98. The molecule has 1 rings (SSSR count). The Bertz CT molecular complexity index is 356. The minimum Gasteiger partial charge on any atom is -0.489 e. The molecule has 0 aromatic heterocycles. The van der Waals surface area contributed by atoms with Gasteiger partial charge in [-0.05, 0) is 29.7 Å². The summed E-state index contributed by atoms with van der Waals surface area (Å²) in [5.41, 5.74) is 2.27. The van der Waals surface area contributed by atoms with Crippen molar-refractivity contribution < 1.29 is 9.47 Å². The van der Waals surface area contributed by atoms with Gasteiger partial charge in [0.1, 0.15) is 12.4 Å². The largest absolute Gasteiger partial charge is 0.489 e. The average Bonchev–Trinajstić information content (AvgIpc) is 2.29. The molecule has 0 aliphatic carbocycles. The van der Waals surface area contributed by atoms with Gasteiger partial charge in [0.2, 0.25) is 0 Å². The first-order valence-corrected chi connectivity index (χ1v) is 5.27. The molecule has 0 amide bonds. The van der Waals surface area contributed by atoms with E-state index in [1.807, 2.05) is 18.2 Å². The molecule has 2 nitrogen and oxygen atoms in total. The third kappa shape index (κ3) is 3.55. The summed E-state index contributed by atoms with van der Waals surface area (Å²) in [4.78, 5) is 0.